The van der Waals surface area contributed by atoms with Gasteiger partial charge in [0.05, 0.1) is 38.5 Å². The van der Waals surface area contributed by atoms with E-state index in [9.17, 15) is 4.39 Å². The Bertz CT molecular complexity index is 776. The molecule has 4 atom stereocenters. The average molecular weight is 558 g/mol. The number of nitrogens with one attached hydrogen (secondary N) is 1. The molecule has 2 aromatic rings. The SMILES string of the molecule is Brc1ccc(N2C3CCC2COC3)nc1.C1CC2COCC1N2.Fc1ccc(Br)cn1. The Labute approximate surface area is 199 Å². The third-order valence-electron chi connectivity index (χ3n) is 5.88. The third kappa shape index (κ3) is 6.44. The zero-order chi connectivity index (χ0) is 21.6. The molecule has 0 amide bonds. The van der Waals surface area contributed by atoms with Crippen molar-refractivity contribution in [3.8, 4) is 0 Å². The molecule has 4 fully saturated rings. The van der Waals surface area contributed by atoms with Crippen LogP contribution in [0, 0.1) is 5.95 Å². The van der Waals surface area contributed by atoms with E-state index in [-0.39, 0.29) is 0 Å². The van der Waals surface area contributed by atoms with Crippen molar-refractivity contribution in [2.24, 2.45) is 0 Å². The number of hydrogen-bond acceptors (Lipinski definition) is 6. The number of aromatic nitrogens is 2. The largest absolute Gasteiger partial charge is 0.378 e. The van der Waals surface area contributed by atoms with E-state index in [1.807, 2.05) is 6.20 Å². The molecular weight excluding hydrogens is 531 g/mol. The second kappa shape index (κ2) is 11.1. The van der Waals surface area contributed by atoms with E-state index in [4.69, 9.17) is 9.47 Å². The molecule has 4 aliphatic rings. The average Bonchev–Trinajstić information content (AvgIpc) is 3.25. The van der Waals surface area contributed by atoms with Gasteiger partial charge in [-0.2, -0.15) is 4.39 Å². The monoisotopic (exact) mass is 556 g/mol. The molecule has 0 spiro atoms. The first-order chi connectivity index (χ1) is 15.1. The summed E-state index contributed by atoms with van der Waals surface area (Å²) in [6.45, 7) is 3.59. The lowest BCUT2D eigenvalue weighted by atomic mass is 10.2. The minimum Gasteiger partial charge on any atom is -0.378 e. The molecule has 4 aliphatic heterocycles. The van der Waals surface area contributed by atoms with Gasteiger partial charge in [0, 0.05) is 33.4 Å². The second-order valence-electron chi connectivity index (χ2n) is 8.14. The summed E-state index contributed by atoms with van der Waals surface area (Å²) in [5.74, 6) is 0.641. The summed E-state index contributed by atoms with van der Waals surface area (Å²) in [5, 5.41) is 3.47. The zero-order valence-electron chi connectivity index (χ0n) is 17.2. The highest BCUT2D eigenvalue weighted by Crippen LogP contribution is 2.32. The molecule has 6 heterocycles. The van der Waals surface area contributed by atoms with E-state index in [0.717, 1.165) is 41.2 Å². The Kier molecular flexibility index (Phi) is 8.28. The minimum absolute atomic E-state index is 0.451. The minimum atomic E-state index is -0.451. The van der Waals surface area contributed by atoms with Crippen LogP contribution < -0.4 is 10.2 Å². The molecular formula is C22H27Br2FN4O2. The van der Waals surface area contributed by atoms with E-state index in [1.54, 1.807) is 6.07 Å². The number of nitrogens with zero attached hydrogens (tertiary/aromatic N) is 3. The Morgan fingerprint density at radius 2 is 1.39 bits per heavy atom. The maximum Gasteiger partial charge on any atom is 0.212 e. The molecule has 6 nitrogen and oxygen atoms in total. The topological polar surface area (TPSA) is 59.5 Å². The van der Waals surface area contributed by atoms with Gasteiger partial charge in [-0.3, -0.25) is 0 Å². The fourth-order valence-corrected chi connectivity index (χ4v) is 4.87. The van der Waals surface area contributed by atoms with Gasteiger partial charge in [-0.1, -0.05) is 0 Å². The van der Waals surface area contributed by atoms with Gasteiger partial charge in [0.25, 0.3) is 0 Å². The maximum atomic E-state index is 12.0. The highest BCUT2D eigenvalue weighted by Gasteiger charge is 2.37. The standard InChI is InChI=1S/C11H13BrN2O.C6H11NO.C5H3BrFN/c12-8-1-4-11(13-5-8)14-9-2-3-10(14)7-15-6-9;1-2-6-4-8-3-5(1)7-6;6-4-1-2-5(7)8-3-4/h1,4-5,9-10H,2-3,6-7H2;5-7H,1-4H2;1-3H. The van der Waals surface area contributed by atoms with E-state index >= 15 is 0 Å². The molecule has 0 aromatic carbocycles. The fourth-order valence-electron chi connectivity index (χ4n) is 4.40. The molecule has 4 unspecified atom stereocenters. The molecule has 9 heteroatoms. The first-order valence-electron chi connectivity index (χ1n) is 10.7. The summed E-state index contributed by atoms with van der Waals surface area (Å²) in [6.07, 6.45) is 8.40. The Balaban J connectivity index is 0.000000123. The van der Waals surface area contributed by atoms with E-state index in [0.29, 0.717) is 24.2 Å². The van der Waals surface area contributed by atoms with Crippen LogP contribution in [-0.2, 0) is 9.47 Å². The van der Waals surface area contributed by atoms with Crippen LogP contribution in [0.25, 0.3) is 0 Å². The lowest BCUT2D eigenvalue weighted by Gasteiger charge is -2.35. The molecule has 2 aromatic heterocycles. The van der Waals surface area contributed by atoms with Crippen molar-refractivity contribution in [1.82, 2.24) is 15.3 Å². The highest BCUT2D eigenvalue weighted by atomic mass is 79.9. The van der Waals surface area contributed by atoms with Crippen LogP contribution in [0.1, 0.15) is 25.7 Å². The van der Waals surface area contributed by atoms with Gasteiger partial charge in [-0.25, -0.2) is 9.97 Å². The Morgan fingerprint density at radius 3 is 1.87 bits per heavy atom. The molecule has 4 bridgehead atoms. The van der Waals surface area contributed by atoms with Gasteiger partial charge in [-0.15, -0.1) is 0 Å². The zero-order valence-corrected chi connectivity index (χ0v) is 20.4. The molecule has 168 valence electrons. The number of rotatable bonds is 1. The van der Waals surface area contributed by atoms with Gasteiger partial charge in [0.2, 0.25) is 5.95 Å². The summed E-state index contributed by atoms with van der Waals surface area (Å²) < 4.78 is 24.6. The number of morpholine rings is 2. The summed E-state index contributed by atoms with van der Waals surface area (Å²) in [6, 6.07) is 9.49. The second-order valence-corrected chi connectivity index (χ2v) is 9.97. The van der Waals surface area contributed by atoms with Gasteiger partial charge >= 0.3 is 0 Å². The van der Waals surface area contributed by atoms with Crippen LogP contribution in [0.4, 0.5) is 10.2 Å². The summed E-state index contributed by atoms with van der Waals surface area (Å²) >= 11 is 6.53. The molecule has 0 aliphatic carbocycles. The van der Waals surface area contributed by atoms with Crippen LogP contribution in [0.2, 0.25) is 0 Å². The Hall–Kier alpha value is -1.13. The quantitative estimate of drug-likeness (QED) is 0.527. The van der Waals surface area contributed by atoms with Crippen molar-refractivity contribution in [3.63, 3.8) is 0 Å². The number of fused-ring (bicyclic) bond motifs is 4. The van der Waals surface area contributed by atoms with Crippen LogP contribution >= 0.6 is 31.9 Å². The van der Waals surface area contributed by atoms with E-state index in [2.05, 4.69) is 64.2 Å². The van der Waals surface area contributed by atoms with Crippen molar-refractivity contribution in [3.05, 3.63) is 51.6 Å². The van der Waals surface area contributed by atoms with Crippen LogP contribution in [0.3, 0.4) is 0 Å². The van der Waals surface area contributed by atoms with Crippen LogP contribution in [0.15, 0.2) is 45.6 Å². The lowest BCUT2D eigenvalue weighted by molar-refractivity contribution is 0.0728. The molecule has 31 heavy (non-hydrogen) atoms. The molecule has 1 N–H and O–H groups in total. The smallest absolute Gasteiger partial charge is 0.212 e. The molecule has 0 radical (unpaired) electrons. The van der Waals surface area contributed by atoms with Crippen LogP contribution in [-0.4, -0.2) is 60.6 Å². The van der Waals surface area contributed by atoms with E-state index < -0.39 is 5.95 Å². The Morgan fingerprint density at radius 1 is 0.806 bits per heavy atom. The van der Waals surface area contributed by atoms with E-state index in [1.165, 1.54) is 37.9 Å². The van der Waals surface area contributed by atoms with Crippen molar-refractivity contribution < 1.29 is 13.9 Å². The number of ether oxygens (including phenoxy) is 2. The number of anilines is 1. The maximum absolute atomic E-state index is 12.0. The number of hydrogen-bond donors (Lipinski definition) is 1. The first kappa shape index (κ1) is 23.0. The van der Waals surface area contributed by atoms with Crippen molar-refractivity contribution >= 4 is 37.7 Å². The molecule has 6 rings (SSSR count). The van der Waals surface area contributed by atoms with Gasteiger partial charge in [0.1, 0.15) is 5.82 Å². The van der Waals surface area contributed by atoms with Crippen LogP contribution in [0.5, 0.6) is 0 Å². The molecule has 0 saturated carbocycles. The highest BCUT2D eigenvalue weighted by molar-refractivity contribution is 9.10. The predicted molar refractivity (Wildman–Crippen MR) is 125 cm³/mol. The number of pyridine rings is 2. The summed E-state index contributed by atoms with van der Waals surface area (Å²) in [4.78, 5) is 10.3. The third-order valence-corrected chi connectivity index (χ3v) is 6.82. The predicted octanol–water partition coefficient (Wildman–Crippen LogP) is 4.33. The normalized spacial score (nSPS) is 28.3. The van der Waals surface area contributed by atoms with Gasteiger partial charge in [0.15, 0.2) is 0 Å². The molecule has 4 saturated heterocycles. The number of halogens is 3. The van der Waals surface area contributed by atoms with Gasteiger partial charge < -0.3 is 19.7 Å². The van der Waals surface area contributed by atoms with Crippen molar-refractivity contribution in [2.75, 3.05) is 31.3 Å². The van der Waals surface area contributed by atoms with Crippen molar-refractivity contribution in [1.29, 1.82) is 0 Å². The summed E-state index contributed by atoms with van der Waals surface area (Å²) in [7, 11) is 0. The fraction of sp³-hybridized carbons (Fsp3) is 0.545. The summed E-state index contributed by atoms with van der Waals surface area (Å²) in [5.41, 5.74) is 0. The first-order valence-corrected chi connectivity index (χ1v) is 12.3. The van der Waals surface area contributed by atoms with Gasteiger partial charge in [-0.05, 0) is 81.8 Å². The van der Waals surface area contributed by atoms with Crippen molar-refractivity contribution in [2.45, 2.75) is 49.9 Å². The lowest BCUT2D eigenvalue weighted by Crippen LogP contribution is -2.46.